The lowest BCUT2D eigenvalue weighted by molar-refractivity contribution is -0.0204. The smallest absolute Gasteiger partial charge is 0.282 e. The van der Waals surface area contributed by atoms with Crippen LogP contribution in [0.5, 0.6) is 0 Å². The largest absolute Gasteiger partial charge is 0.293 e. The van der Waals surface area contributed by atoms with E-state index in [4.69, 9.17) is 0 Å². The Kier molecular flexibility index (Phi) is 4.53. The van der Waals surface area contributed by atoms with Crippen LogP contribution in [0.15, 0.2) is 60.2 Å². The van der Waals surface area contributed by atoms with E-state index in [9.17, 15) is 13.2 Å². The van der Waals surface area contributed by atoms with Crippen LogP contribution in [-0.4, -0.2) is 23.9 Å². The first kappa shape index (κ1) is 15.8. The van der Waals surface area contributed by atoms with Crippen LogP contribution in [-0.2, 0) is 6.54 Å². The molecule has 1 aliphatic heterocycles. The van der Waals surface area contributed by atoms with Crippen molar-refractivity contribution in [3.63, 3.8) is 0 Å². The van der Waals surface area contributed by atoms with Crippen LogP contribution in [0.3, 0.4) is 0 Å². The molecule has 23 heavy (non-hydrogen) atoms. The molecule has 1 aliphatic rings. The molecule has 0 radical (unpaired) electrons. The third kappa shape index (κ3) is 4.02. The van der Waals surface area contributed by atoms with Gasteiger partial charge in [0, 0.05) is 18.7 Å². The zero-order valence-corrected chi connectivity index (χ0v) is 12.7. The minimum absolute atomic E-state index is 0.119. The minimum atomic E-state index is -2.86. The van der Waals surface area contributed by atoms with Gasteiger partial charge in [0.15, 0.2) is 0 Å². The summed E-state index contributed by atoms with van der Waals surface area (Å²) in [7, 11) is 0. The van der Waals surface area contributed by atoms with Gasteiger partial charge in [-0.2, -0.15) is 0 Å². The van der Waals surface area contributed by atoms with Crippen LogP contribution in [0.25, 0.3) is 6.08 Å². The fourth-order valence-electron chi connectivity index (χ4n) is 2.84. The number of rotatable bonds is 3. The standard InChI is InChI=1S/C19H18F3N/c20-18-8-6-15(7-9-18)12-17-10-11-23(14-19(17,21)22)13-16-4-2-1-3-5-16/h1-9,12H,10-11,13-14H2/b17-12-. The Balaban J connectivity index is 1.71. The van der Waals surface area contributed by atoms with E-state index in [1.807, 2.05) is 30.3 Å². The Morgan fingerprint density at radius 1 is 1.00 bits per heavy atom. The van der Waals surface area contributed by atoms with Crippen LogP contribution >= 0.6 is 0 Å². The molecule has 1 fully saturated rings. The lowest BCUT2D eigenvalue weighted by atomic mass is 9.97. The van der Waals surface area contributed by atoms with Crippen molar-refractivity contribution in [2.75, 3.05) is 13.1 Å². The van der Waals surface area contributed by atoms with Crippen molar-refractivity contribution < 1.29 is 13.2 Å². The van der Waals surface area contributed by atoms with E-state index in [-0.39, 0.29) is 17.9 Å². The number of alkyl halides is 2. The third-order valence-electron chi connectivity index (χ3n) is 4.05. The Bertz CT molecular complexity index is 678. The molecule has 1 saturated heterocycles. The highest BCUT2D eigenvalue weighted by Gasteiger charge is 2.39. The van der Waals surface area contributed by atoms with Gasteiger partial charge in [-0.15, -0.1) is 0 Å². The second kappa shape index (κ2) is 6.59. The lowest BCUT2D eigenvalue weighted by Crippen LogP contribution is -2.43. The summed E-state index contributed by atoms with van der Waals surface area (Å²) >= 11 is 0. The SMILES string of the molecule is Fc1ccc(/C=C2/CCN(Cc3ccccc3)CC2(F)F)cc1. The first-order valence-electron chi connectivity index (χ1n) is 7.64. The average Bonchev–Trinajstić information content (AvgIpc) is 2.52. The molecule has 2 aromatic carbocycles. The summed E-state index contributed by atoms with van der Waals surface area (Å²) in [5, 5.41) is 0. The molecule has 0 aromatic heterocycles. The topological polar surface area (TPSA) is 3.24 Å². The average molecular weight is 317 g/mol. The highest BCUT2D eigenvalue weighted by atomic mass is 19.3. The van der Waals surface area contributed by atoms with Crippen LogP contribution in [0.2, 0.25) is 0 Å². The molecule has 0 aliphatic carbocycles. The first-order chi connectivity index (χ1) is 11.0. The van der Waals surface area contributed by atoms with Crippen molar-refractivity contribution in [1.82, 2.24) is 4.90 Å². The van der Waals surface area contributed by atoms with Crippen LogP contribution in [0.1, 0.15) is 17.5 Å². The van der Waals surface area contributed by atoms with Gasteiger partial charge in [-0.3, -0.25) is 4.90 Å². The molecule has 3 rings (SSSR count). The molecule has 0 unspecified atom stereocenters. The number of halogens is 3. The Morgan fingerprint density at radius 3 is 2.35 bits per heavy atom. The zero-order valence-electron chi connectivity index (χ0n) is 12.7. The number of piperidine rings is 1. The monoisotopic (exact) mass is 317 g/mol. The molecule has 2 aromatic rings. The molecular weight excluding hydrogens is 299 g/mol. The van der Waals surface area contributed by atoms with Crippen LogP contribution < -0.4 is 0 Å². The van der Waals surface area contributed by atoms with E-state index in [1.165, 1.54) is 30.3 Å². The van der Waals surface area contributed by atoms with Gasteiger partial charge in [-0.25, -0.2) is 13.2 Å². The second-order valence-corrected chi connectivity index (χ2v) is 5.87. The maximum Gasteiger partial charge on any atom is 0.282 e. The maximum absolute atomic E-state index is 14.4. The van der Waals surface area contributed by atoms with Gasteiger partial charge in [-0.1, -0.05) is 42.5 Å². The Morgan fingerprint density at radius 2 is 1.70 bits per heavy atom. The minimum Gasteiger partial charge on any atom is -0.293 e. The molecule has 1 nitrogen and oxygen atoms in total. The molecule has 0 N–H and O–H groups in total. The predicted octanol–water partition coefficient (Wildman–Crippen LogP) is 4.75. The molecule has 0 amide bonds. The fraction of sp³-hybridized carbons (Fsp3) is 0.263. The summed E-state index contributed by atoms with van der Waals surface area (Å²) in [6, 6.07) is 15.3. The van der Waals surface area contributed by atoms with E-state index in [2.05, 4.69) is 0 Å². The number of likely N-dealkylation sites (tertiary alicyclic amines) is 1. The Labute approximate surface area is 134 Å². The van der Waals surface area contributed by atoms with Gasteiger partial charge in [0.25, 0.3) is 5.92 Å². The van der Waals surface area contributed by atoms with Crippen LogP contribution in [0.4, 0.5) is 13.2 Å². The number of hydrogen-bond acceptors (Lipinski definition) is 1. The van der Waals surface area contributed by atoms with Gasteiger partial charge < -0.3 is 0 Å². The van der Waals surface area contributed by atoms with E-state index < -0.39 is 5.92 Å². The summed E-state index contributed by atoms with van der Waals surface area (Å²) < 4.78 is 41.7. The normalized spacial score (nSPS) is 19.9. The molecule has 120 valence electrons. The highest BCUT2D eigenvalue weighted by Crippen LogP contribution is 2.34. The summed E-state index contributed by atoms with van der Waals surface area (Å²) in [4.78, 5) is 1.78. The summed E-state index contributed by atoms with van der Waals surface area (Å²) in [5.74, 6) is -3.22. The van der Waals surface area contributed by atoms with Crippen molar-refractivity contribution in [3.05, 3.63) is 77.1 Å². The molecule has 1 heterocycles. The first-order valence-corrected chi connectivity index (χ1v) is 7.64. The van der Waals surface area contributed by atoms with Gasteiger partial charge in [0.05, 0.1) is 6.54 Å². The quantitative estimate of drug-likeness (QED) is 0.789. The highest BCUT2D eigenvalue weighted by molar-refractivity contribution is 5.55. The summed E-state index contributed by atoms with van der Waals surface area (Å²) in [6.07, 6.45) is 1.80. The number of hydrogen-bond donors (Lipinski definition) is 0. The van der Waals surface area contributed by atoms with Crippen LogP contribution in [0, 0.1) is 5.82 Å². The zero-order chi connectivity index (χ0) is 16.3. The van der Waals surface area contributed by atoms with E-state index in [0.717, 1.165) is 5.56 Å². The molecule has 0 atom stereocenters. The van der Waals surface area contributed by atoms with Crippen molar-refractivity contribution in [2.45, 2.75) is 18.9 Å². The lowest BCUT2D eigenvalue weighted by Gasteiger charge is -2.34. The third-order valence-corrected chi connectivity index (χ3v) is 4.05. The van der Waals surface area contributed by atoms with Crippen molar-refractivity contribution in [3.8, 4) is 0 Å². The predicted molar refractivity (Wildman–Crippen MR) is 85.7 cm³/mol. The molecule has 0 bridgehead atoms. The van der Waals surface area contributed by atoms with E-state index in [0.29, 0.717) is 25.1 Å². The summed E-state index contributed by atoms with van der Waals surface area (Å²) in [5.41, 5.74) is 1.76. The van der Waals surface area contributed by atoms with Crippen molar-refractivity contribution in [2.24, 2.45) is 0 Å². The molecule has 4 heteroatoms. The fourth-order valence-corrected chi connectivity index (χ4v) is 2.84. The maximum atomic E-state index is 14.4. The van der Waals surface area contributed by atoms with Gasteiger partial charge in [0.1, 0.15) is 5.82 Å². The number of nitrogens with zero attached hydrogens (tertiary/aromatic N) is 1. The second-order valence-electron chi connectivity index (χ2n) is 5.87. The van der Waals surface area contributed by atoms with E-state index >= 15 is 0 Å². The number of benzene rings is 2. The molecular formula is C19H18F3N. The van der Waals surface area contributed by atoms with Crippen molar-refractivity contribution in [1.29, 1.82) is 0 Å². The molecule has 0 saturated carbocycles. The van der Waals surface area contributed by atoms with E-state index in [1.54, 1.807) is 4.90 Å². The van der Waals surface area contributed by atoms with Gasteiger partial charge in [0.2, 0.25) is 0 Å². The summed E-state index contributed by atoms with van der Waals surface area (Å²) in [6.45, 7) is 0.840. The van der Waals surface area contributed by atoms with Crippen molar-refractivity contribution >= 4 is 6.08 Å². The Hall–Kier alpha value is -2.07. The van der Waals surface area contributed by atoms with Gasteiger partial charge >= 0.3 is 0 Å². The molecule has 0 spiro atoms. The van der Waals surface area contributed by atoms with Gasteiger partial charge in [-0.05, 0) is 35.8 Å².